The van der Waals surface area contributed by atoms with E-state index in [4.69, 9.17) is 4.42 Å². The lowest BCUT2D eigenvalue weighted by Crippen LogP contribution is -2.26. The Bertz CT molecular complexity index is 796. The molecule has 0 radical (unpaired) electrons. The molecule has 0 saturated heterocycles. The molecule has 2 rings (SSSR count). The van der Waals surface area contributed by atoms with Crippen LogP contribution < -0.4 is 4.74 Å². The normalized spacial score (nSPS) is 11.2. The number of ether oxygens (including phenoxy) is 2. The molecule has 0 fully saturated rings. The van der Waals surface area contributed by atoms with Gasteiger partial charge in [-0.1, -0.05) is 0 Å². The Morgan fingerprint density at radius 3 is 2.35 bits per heavy atom. The standard InChI is InChI=1S/C17H16F3NO5/c1-10-14(16(23)24-3)8-13(25-10)9-21(2)15(22)11-4-6-12(7-5-11)26-17(18,19)20/h4-8H,9H2,1-3H3. The van der Waals surface area contributed by atoms with E-state index in [1.165, 1.54) is 37.3 Å². The molecular formula is C17H16F3NO5. The zero-order chi connectivity index (χ0) is 19.5. The SMILES string of the molecule is COC(=O)c1cc(CN(C)C(=O)c2ccc(OC(F)(F)F)cc2)oc1C. The predicted molar refractivity (Wildman–Crippen MR) is 83.7 cm³/mol. The van der Waals surface area contributed by atoms with Crippen LogP contribution in [0.25, 0.3) is 0 Å². The fourth-order valence-corrected chi connectivity index (χ4v) is 2.26. The van der Waals surface area contributed by atoms with Crippen LogP contribution in [-0.4, -0.2) is 37.3 Å². The zero-order valence-electron chi connectivity index (χ0n) is 14.2. The smallest absolute Gasteiger partial charge is 0.465 e. The minimum absolute atomic E-state index is 0.0669. The summed E-state index contributed by atoms with van der Waals surface area (Å²) in [4.78, 5) is 25.2. The van der Waals surface area contributed by atoms with Crippen LogP contribution in [0.3, 0.4) is 0 Å². The van der Waals surface area contributed by atoms with Gasteiger partial charge in [-0.05, 0) is 37.3 Å². The summed E-state index contributed by atoms with van der Waals surface area (Å²) < 4.78 is 50.3. The Morgan fingerprint density at radius 2 is 1.81 bits per heavy atom. The topological polar surface area (TPSA) is 69.0 Å². The highest BCUT2D eigenvalue weighted by Crippen LogP contribution is 2.23. The number of carbonyl (C=O) groups is 2. The van der Waals surface area contributed by atoms with Gasteiger partial charge in [-0.25, -0.2) is 4.79 Å². The first kappa shape index (κ1) is 19.4. The summed E-state index contributed by atoms with van der Waals surface area (Å²) in [5, 5.41) is 0. The van der Waals surface area contributed by atoms with Crippen LogP contribution >= 0.6 is 0 Å². The maximum absolute atomic E-state index is 12.4. The van der Waals surface area contributed by atoms with Crippen molar-refractivity contribution in [3.8, 4) is 5.75 Å². The summed E-state index contributed by atoms with van der Waals surface area (Å²) in [6.07, 6.45) is -4.79. The maximum atomic E-state index is 12.4. The molecule has 0 saturated carbocycles. The van der Waals surface area contributed by atoms with Crippen molar-refractivity contribution in [2.75, 3.05) is 14.2 Å². The summed E-state index contributed by atoms with van der Waals surface area (Å²) in [7, 11) is 2.74. The van der Waals surface area contributed by atoms with Gasteiger partial charge in [-0.2, -0.15) is 0 Å². The Kier molecular flexibility index (Phi) is 5.59. The number of nitrogens with zero attached hydrogens (tertiary/aromatic N) is 1. The van der Waals surface area contributed by atoms with Crippen molar-refractivity contribution in [1.82, 2.24) is 4.90 Å². The van der Waals surface area contributed by atoms with Gasteiger partial charge in [0.15, 0.2) is 0 Å². The first-order chi connectivity index (χ1) is 12.1. The van der Waals surface area contributed by atoms with Crippen LogP contribution in [0.15, 0.2) is 34.7 Å². The number of hydrogen-bond donors (Lipinski definition) is 0. The number of aryl methyl sites for hydroxylation is 1. The lowest BCUT2D eigenvalue weighted by atomic mass is 10.2. The number of furan rings is 1. The van der Waals surface area contributed by atoms with Crippen LogP contribution in [0.4, 0.5) is 13.2 Å². The zero-order valence-corrected chi connectivity index (χ0v) is 14.2. The van der Waals surface area contributed by atoms with Gasteiger partial charge in [0, 0.05) is 12.6 Å². The van der Waals surface area contributed by atoms with Crippen LogP contribution in [0.1, 0.15) is 32.2 Å². The molecule has 0 bridgehead atoms. The van der Waals surface area contributed by atoms with Gasteiger partial charge >= 0.3 is 12.3 Å². The highest BCUT2D eigenvalue weighted by atomic mass is 19.4. The molecule has 0 aliphatic carbocycles. The molecule has 1 aromatic heterocycles. The lowest BCUT2D eigenvalue weighted by molar-refractivity contribution is -0.274. The molecule has 9 heteroatoms. The summed E-state index contributed by atoms with van der Waals surface area (Å²) in [6, 6.07) is 6.05. The molecule has 0 atom stereocenters. The highest BCUT2D eigenvalue weighted by molar-refractivity contribution is 5.94. The van der Waals surface area contributed by atoms with E-state index in [1.807, 2.05) is 0 Å². The average molecular weight is 371 g/mol. The molecule has 0 aliphatic rings. The number of benzene rings is 1. The van der Waals surface area contributed by atoms with Crippen molar-refractivity contribution in [3.05, 3.63) is 53.0 Å². The predicted octanol–water partition coefficient (Wildman–Crippen LogP) is 3.55. The minimum Gasteiger partial charge on any atom is -0.465 e. The second-order valence-electron chi connectivity index (χ2n) is 5.41. The molecule has 0 spiro atoms. The summed E-state index contributed by atoms with van der Waals surface area (Å²) in [5.41, 5.74) is 0.440. The van der Waals surface area contributed by atoms with Crippen molar-refractivity contribution in [2.24, 2.45) is 0 Å². The van der Waals surface area contributed by atoms with Crippen molar-refractivity contribution in [3.63, 3.8) is 0 Å². The van der Waals surface area contributed by atoms with Gasteiger partial charge < -0.3 is 18.8 Å². The third kappa shape index (κ3) is 4.78. The average Bonchev–Trinajstić information content (AvgIpc) is 2.93. The van der Waals surface area contributed by atoms with E-state index in [1.54, 1.807) is 6.92 Å². The maximum Gasteiger partial charge on any atom is 0.573 e. The number of alkyl halides is 3. The Hall–Kier alpha value is -2.97. The van der Waals surface area contributed by atoms with E-state index in [0.717, 1.165) is 12.1 Å². The number of methoxy groups -OCH3 is 1. The highest BCUT2D eigenvalue weighted by Gasteiger charge is 2.31. The molecule has 1 aromatic carbocycles. The lowest BCUT2D eigenvalue weighted by Gasteiger charge is -2.16. The molecule has 1 heterocycles. The number of carbonyl (C=O) groups excluding carboxylic acids is 2. The monoisotopic (exact) mass is 371 g/mol. The molecule has 1 amide bonds. The fraction of sp³-hybridized carbons (Fsp3) is 0.294. The quantitative estimate of drug-likeness (QED) is 0.752. The van der Waals surface area contributed by atoms with Crippen molar-refractivity contribution in [2.45, 2.75) is 19.8 Å². The molecule has 2 aromatic rings. The van der Waals surface area contributed by atoms with E-state index >= 15 is 0 Å². The van der Waals surface area contributed by atoms with Crippen LogP contribution in [0.2, 0.25) is 0 Å². The second kappa shape index (κ2) is 7.51. The summed E-state index contributed by atoms with van der Waals surface area (Å²) in [6.45, 7) is 1.66. The molecule has 6 nitrogen and oxygen atoms in total. The van der Waals surface area contributed by atoms with Crippen molar-refractivity contribution >= 4 is 11.9 Å². The van der Waals surface area contributed by atoms with Gasteiger partial charge in [0.25, 0.3) is 5.91 Å². The third-order valence-electron chi connectivity index (χ3n) is 3.45. The first-order valence-corrected chi connectivity index (χ1v) is 7.39. The van der Waals surface area contributed by atoms with E-state index < -0.39 is 24.0 Å². The van der Waals surface area contributed by atoms with Gasteiger partial charge in [-0.3, -0.25) is 4.79 Å². The van der Waals surface area contributed by atoms with E-state index in [-0.39, 0.29) is 17.7 Å². The van der Waals surface area contributed by atoms with E-state index in [2.05, 4.69) is 9.47 Å². The molecule has 26 heavy (non-hydrogen) atoms. The molecule has 140 valence electrons. The second-order valence-corrected chi connectivity index (χ2v) is 5.41. The van der Waals surface area contributed by atoms with Crippen molar-refractivity contribution in [1.29, 1.82) is 0 Å². The Balaban J connectivity index is 2.06. The number of esters is 1. The van der Waals surface area contributed by atoms with E-state index in [9.17, 15) is 22.8 Å². The largest absolute Gasteiger partial charge is 0.573 e. The van der Waals surface area contributed by atoms with Crippen LogP contribution in [0, 0.1) is 6.92 Å². The van der Waals surface area contributed by atoms with Gasteiger partial charge in [-0.15, -0.1) is 13.2 Å². The number of amides is 1. The molecule has 0 N–H and O–H groups in total. The van der Waals surface area contributed by atoms with Gasteiger partial charge in [0.2, 0.25) is 0 Å². The van der Waals surface area contributed by atoms with E-state index in [0.29, 0.717) is 11.5 Å². The molecule has 0 aliphatic heterocycles. The van der Waals surface area contributed by atoms with Crippen LogP contribution in [0.5, 0.6) is 5.75 Å². The molecular weight excluding hydrogens is 355 g/mol. The number of halogens is 3. The fourth-order valence-electron chi connectivity index (χ4n) is 2.26. The summed E-state index contributed by atoms with van der Waals surface area (Å²) in [5.74, 6) is -0.665. The summed E-state index contributed by atoms with van der Waals surface area (Å²) >= 11 is 0. The van der Waals surface area contributed by atoms with Gasteiger partial charge in [0.05, 0.1) is 13.7 Å². The third-order valence-corrected chi connectivity index (χ3v) is 3.45. The van der Waals surface area contributed by atoms with Crippen LogP contribution in [-0.2, 0) is 11.3 Å². The Morgan fingerprint density at radius 1 is 1.19 bits per heavy atom. The Labute approximate surface area is 147 Å². The number of rotatable bonds is 5. The first-order valence-electron chi connectivity index (χ1n) is 7.39. The molecule has 0 unspecified atom stereocenters. The number of hydrogen-bond acceptors (Lipinski definition) is 5. The van der Waals surface area contributed by atoms with Gasteiger partial charge in [0.1, 0.15) is 22.8 Å². The van der Waals surface area contributed by atoms with Crippen molar-refractivity contribution < 1.29 is 36.7 Å². The minimum atomic E-state index is -4.79.